The number of nitrogens with zero attached hydrogens (tertiary/aromatic N) is 4. The number of carbonyl (C=O) groups excluding carboxylic acids is 3. The Labute approximate surface area is 201 Å². The smallest absolute Gasteiger partial charge is 0.253 e. The first-order chi connectivity index (χ1) is 15.7. The second-order valence-electron chi connectivity index (χ2n) is 7.44. The molecule has 0 bridgehead atoms. The number of ketones is 1. The number of Topliss-reactive ketones (excluding diaryl/α,β-unsaturated/α-hetero) is 1. The number of hydrogen-bond donors (Lipinski definition) is 1. The van der Waals surface area contributed by atoms with E-state index in [-0.39, 0.29) is 18.3 Å². The fraction of sp³-hybridized carbons (Fsp3) is 0.261. The van der Waals surface area contributed by atoms with Crippen LogP contribution in [-0.4, -0.2) is 51.3 Å². The number of H-pyrrole nitrogens is 1. The summed E-state index contributed by atoms with van der Waals surface area (Å²) in [6, 6.07) is 11.8. The minimum atomic E-state index is -0.513. The van der Waals surface area contributed by atoms with Crippen LogP contribution in [0.1, 0.15) is 45.7 Å². The summed E-state index contributed by atoms with van der Waals surface area (Å²) in [7, 11) is 1.70. The molecule has 0 aliphatic carbocycles. The molecule has 0 saturated heterocycles. The fourth-order valence-corrected chi connectivity index (χ4v) is 3.41. The molecule has 0 aliphatic heterocycles. The van der Waals surface area contributed by atoms with Gasteiger partial charge in [-0.3, -0.25) is 19.5 Å². The second-order valence-corrected chi connectivity index (χ2v) is 8.26. The van der Waals surface area contributed by atoms with E-state index < -0.39 is 18.1 Å². The predicted octanol–water partition coefficient (Wildman–Crippen LogP) is 4.32. The van der Waals surface area contributed by atoms with Crippen LogP contribution in [0.2, 0.25) is 10.0 Å². The van der Waals surface area contributed by atoms with Crippen molar-refractivity contribution in [1.29, 1.82) is 0 Å². The molecule has 0 radical (unpaired) electrons. The molecule has 0 atom stereocenters. The Morgan fingerprint density at radius 3 is 2.45 bits per heavy atom. The monoisotopic (exact) mass is 487 g/mol. The highest BCUT2D eigenvalue weighted by atomic mass is 35.5. The number of aryl methyl sites for hydroxylation is 1. The largest absolute Gasteiger partial charge is 0.342 e. The zero-order chi connectivity index (χ0) is 24.1. The van der Waals surface area contributed by atoms with E-state index in [0.717, 1.165) is 0 Å². The SMILES string of the molecule is CCN(C)C(=O)c1cccc(N(Cc2ccc(Cl)c(Cl)c2)C(=O)CC(=O)c2n[nH]c(C)n2)c1. The van der Waals surface area contributed by atoms with Crippen molar-refractivity contribution in [3.63, 3.8) is 0 Å². The average Bonchev–Trinajstić information content (AvgIpc) is 3.25. The number of aromatic nitrogens is 3. The van der Waals surface area contributed by atoms with Crippen molar-refractivity contribution in [1.82, 2.24) is 20.1 Å². The Balaban J connectivity index is 1.94. The predicted molar refractivity (Wildman–Crippen MR) is 127 cm³/mol. The van der Waals surface area contributed by atoms with Gasteiger partial charge in [0.05, 0.1) is 23.0 Å². The Morgan fingerprint density at radius 1 is 1.06 bits per heavy atom. The third-order valence-electron chi connectivity index (χ3n) is 5.01. The van der Waals surface area contributed by atoms with E-state index in [0.29, 0.717) is 39.2 Å². The van der Waals surface area contributed by atoms with E-state index in [2.05, 4.69) is 15.2 Å². The third-order valence-corrected chi connectivity index (χ3v) is 5.75. The minimum absolute atomic E-state index is 0.0520. The van der Waals surface area contributed by atoms with Gasteiger partial charge >= 0.3 is 0 Å². The van der Waals surface area contributed by atoms with Crippen LogP contribution >= 0.6 is 23.2 Å². The van der Waals surface area contributed by atoms with Crippen LogP contribution in [0, 0.1) is 6.92 Å². The molecule has 172 valence electrons. The third kappa shape index (κ3) is 5.97. The van der Waals surface area contributed by atoms with E-state index in [9.17, 15) is 14.4 Å². The molecule has 33 heavy (non-hydrogen) atoms. The Kier molecular flexibility index (Phi) is 7.84. The molecule has 0 unspecified atom stereocenters. The Morgan fingerprint density at radius 2 is 1.82 bits per heavy atom. The number of anilines is 1. The van der Waals surface area contributed by atoms with Crippen molar-refractivity contribution in [3.8, 4) is 0 Å². The lowest BCUT2D eigenvalue weighted by Crippen LogP contribution is -2.33. The molecule has 2 aromatic carbocycles. The van der Waals surface area contributed by atoms with Gasteiger partial charge in [-0.25, -0.2) is 4.98 Å². The lowest BCUT2D eigenvalue weighted by molar-refractivity contribution is -0.117. The van der Waals surface area contributed by atoms with Gasteiger partial charge in [0.25, 0.3) is 5.91 Å². The molecule has 3 aromatic rings. The molecule has 0 fully saturated rings. The summed E-state index contributed by atoms with van der Waals surface area (Å²) >= 11 is 12.2. The summed E-state index contributed by atoms with van der Waals surface area (Å²) < 4.78 is 0. The number of hydrogen-bond acceptors (Lipinski definition) is 5. The first kappa shape index (κ1) is 24.4. The summed E-state index contributed by atoms with van der Waals surface area (Å²) in [5.74, 6) is -0.731. The van der Waals surface area contributed by atoms with Crippen LogP contribution in [0.3, 0.4) is 0 Å². The number of carbonyl (C=O) groups is 3. The minimum Gasteiger partial charge on any atom is -0.342 e. The molecule has 8 nitrogen and oxygen atoms in total. The lowest BCUT2D eigenvalue weighted by atomic mass is 10.1. The highest BCUT2D eigenvalue weighted by Gasteiger charge is 2.23. The van der Waals surface area contributed by atoms with Crippen molar-refractivity contribution in [3.05, 3.63) is 75.3 Å². The van der Waals surface area contributed by atoms with Gasteiger partial charge < -0.3 is 9.80 Å². The molecule has 0 saturated carbocycles. The van der Waals surface area contributed by atoms with Gasteiger partial charge in [-0.1, -0.05) is 35.3 Å². The van der Waals surface area contributed by atoms with E-state index in [1.54, 1.807) is 61.3 Å². The quantitative estimate of drug-likeness (QED) is 0.376. The Hall–Kier alpha value is -3.23. The summed E-state index contributed by atoms with van der Waals surface area (Å²) in [5, 5.41) is 7.17. The summed E-state index contributed by atoms with van der Waals surface area (Å²) in [4.78, 5) is 45.5. The average molecular weight is 488 g/mol. The maximum atomic E-state index is 13.2. The molecule has 1 N–H and O–H groups in total. The van der Waals surface area contributed by atoms with Crippen LogP contribution in [-0.2, 0) is 11.3 Å². The lowest BCUT2D eigenvalue weighted by Gasteiger charge is -2.24. The van der Waals surface area contributed by atoms with Crippen LogP contribution in [0.15, 0.2) is 42.5 Å². The number of aromatic amines is 1. The number of halogens is 2. The topological polar surface area (TPSA) is 99.3 Å². The number of nitrogens with one attached hydrogen (secondary N) is 1. The van der Waals surface area contributed by atoms with Crippen LogP contribution in [0.25, 0.3) is 0 Å². The highest BCUT2D eigenvalue weighted by Crippen LogP contribution is 2.26. The first-order valence-corrected chi connectivity index (χ1v) is 11.0. The van der Waals surface area contributed by atoms with Crippen molar-refractivity contribution < 1.29 is 14.4 Å². The van der Waals surface area contributed by atoms with E-state index in [1.165, 1.54) is 4.90 Å². The van der Waals surface area contributed by atoms with Gasteiger partial charge in [0.15, 0.2) is 0 Å². The summed E-state index contributed by atoms with van der Waals surface area (Å²) in [5.41, 5.74) is 1.61. The van der Waals surface area contributed by atoms with Gasteiger partial charge in [-0.2, -0.15) is 5.10 Å². The van der Waals surface area contributed by atoms with Gasteiger partial charge in [-0.15, -0.1) is 0 Å². The summed E-state index contributed by atoms with van der Waals surface area (Å²) in [6.07, 6.45) is -0.439. The number of amides is 2. The maximum Gasteiger partial charge on any atom is 0.253 e. The molecule has 0 aliphatic rings. The zero-order valence-electron chi connectivity index (χ0n) is 18.4. The molecule has 1 heterocycles. The van der Waals surface area contributed by atoms with Crippen LogP contribution in [0.4, 0.5) is 5.69 Å². The van der Waals surface area contributed by atoms with Crippen molar-refractivity contribution in [2.45, 2.75) is 26.8 Å². The van der Waals surface area contributed by atoms with Crippen molar-refractivity contribution >= 4 is 46.5 Å². The molecule has 2 amide bonds. The second kappa shape index (κ2) is 10.6. The molecule has 3 rings (SSSR count). The van der Waals surface area contributed by atoms with Gasteiger partial charge in [-0.05, 0) is 49.7 Å². The normalized spacial score (nSPS) is 10.7. The molecule has 1 aromatic heterocycles. The van der Waals surface area contributed by atoms with Crippen LogP contribution in [0.5, 0.6) is 0 Å². The van der Waals surface area contributed by atoms with E-state index in [4.69, 9.17) is 23.2 Å². The zero-order valence-corrected chi connectivity index (χ0v) is 19.9. The van der Waals surface area contributed by atoms with Gasteiger partial charge in [0.1, 0.15) is 5.82 Å². The number of benzene rings is 2. The molecule has 10 heteroatoms. The summed E-state index contributed by atoms with van der Waals surface area (Å²) in [6.45, 7) is 4.20. The van der Waals surface area contributed by atoms with Crippen molar-refractivity contribution in [2.75, 3.05) is 18.5 Å². The Bertz CT molecular complexity index is 1190. The van der Waals surface area contributed by atoms with Crippen molar-refractivity contribution in [2.24, 2.45) is 0 Å². The molecular formula is C23H23Cl2N5O3. The molecular weight excluding hydrogens is 465 g/mol. The highest BCUT2D eigenvalue weighted by molar-refractivity contribution is 6.42. The standard InChI is InChI=1S/C23H23Cl2N5O3/c1-4-29(3)23(33)16-6-5-7-17(11-16)30(13-15-8-9-18(24)19(25)10-15)21(32)12-20(31)22-26-14(2)27-28-22/h5-11H,4,12-13H2,1-3H3,(H,26,27,28). The number of rotatable bonds is 8. The molecule has 0 spiro atoms. The maximum absolute atomic E-state index is 13.2. The first-order valence-electron chi connectivity index (χ1n) is 10.2. The van der Waals surface area contributed by atoms with Crippen LogP contribution < -0.4 is 4.90 Å². The van der Waals surface area contributed by atoms with E-state index in [1.807, 2.05) is 6.92 Å². The van der Waals surface area contributed by atoms with E-state index >= 15 is 0 Å². The van der Waals surface area contributed by atoms with Gasteiger partial charge in [0, 0.05) is 24.8 Å². The fourth-order valence-electron chi connectivity index (χ4n) is 3.09. The van der Waals surface area contributed by atoms with Gasteiger partial charge in [0.2, 0.25) is 17.5 Å².